The number of amides is 2. The molecular formula is C18H18N2O5. The Hall–Kier alpha value is -3.09. The number of hydrazine groups is 1. The zero-order valence-electron chi connectivity index (χ0n) is 13.5. The zero-order chi connectivity index (χ0) is 17.6. The first-order valence-electron chi connectivity index (χ1n) is 8.01. The number of rotatable bonds is 5. The number of benzene rings is 1. The smallest absolute Gasteiger partial charge is 0.310 e. The summed E-state index contributed by atoms with van der Waals surface area (Å²) in [5.41, 5.74) is 7.80. The summed E-state index contributed by atoms with van der Waals surface area (Å²) in [5.74, 6) is -1.66. The van der Waals surface area contributed by atoms with Crippen molar-refractivity contribution in [3.8, 4) is 0 Å². The van der Waals surface area contributed by atoms with E-state index in [1.165, 1.54) is 23.5 Å². The Kier molecular flexibility index (Phi) is 5.13. The second kappa shape index (κ2) is 7.65. The van der Waals surface area contributed by atoms with Crippen LogP contribution in [0.3, 0.4) is 0 Å². The quantitative estimate of drug-likeness (QED) is 0.631. The Morgan fingerprint density at radius 2 is 1.92 bits per heavy atom. The molecule has 1 heterocycles. The summed E-state index contributed by atoms with van der Waals surface area (Å²) in [6, 6.07) is 8.99. The van der Waals surface area contributed by atoms with E-state index in [4.69, 9.17) is 9.15 Å². The summed E-state index contributed by atoms with van der Waals surface area (Å²) in [6.07, 6.45) is 4.73. The fourth-order valence-electron chi connectivity index (χ4n) is 2.73. The topological polar surface area (TPSA) is 97.6 Å². The molecule has 0 atom stereocenters. The number of fused-ring (bicyclic) bond motifs is 1. The van der Waals surface area contributed by atoms with Crippen molar-refractivity contribution in [1.82, 2.24) is 10.9 Å². The number of ether oxygens (including phenoxy) is 1. The lowest BCUT2D eigenvalue weighted by Crippen LogP contribution is -2.43. The summed E-state index contributed by atoms with van der Waals surface area (Å²) in [7, 11) is 0. The van der Waals surface area contributed by atoms with Crippen molar-refractivity contribution >= 4 is 17.8 Å². The highest BCUT2D eigenvalue weighted by atomic mass is 16.5. The monoisotopic (exact) mass is 342 g/mol. The van der Waals surface area contributed by atoms with Gasteiger partial charge in [-0.2, -0.15) is 0 Å². The van der Waals surface area contributed by atoms with Gasteiger partial charge in [-0.05, 0) is 48.1 Å². The first-order chi connectivity index (χ1) is 12.1. The number of esters is 1. The van der Waals surface area contributed by atoms with Crippen LogP contribution >= 0.6 is 0 Å². The molecule has 1 aliphatic rings. The van der Waals surface area contributed by atoms with Gasteiger partial charge in [0.1, 0.15) is 0 Å². The highest BCUT2D eigenvalue weighted by Gasteiger charge is 2.14. The molecule has 1 aliphatic carbocycles. The van der Waals surface area contributed by atoms with Crippen LogP contribution in [0.2, 0.25) is 0 Å². The molecule has 0 fully saturated rings. The van der Waals surface area contributed by atoms with Crippen LogP contribution < -0.4 is 10.9 Å². The predicted octanol–water partition coefficient (Wildman–Crippen LogP) is 1.32. The molecule has 0 bridgehead atoms. The molecule has 3 rings (SSSR count). The minimum atomic E-state index is -0.637. The van der Waals surface area contributed by atoms with Gasteiger partial charge in [-0.15, -0.1) is 0 Å². The van der Waals surface area contributed by atoms with E-state index in [1.807, 2.05) is 18.2 Å². The van der Waals surface area contributed by atoms with Crippen molar-refractivity contribution < 1.29 is 23.5 Å². The average Bonchev–Trinajstić information content (AvgIpc) is 3.28. The Morgan fingerprint density at radius 1 is 1.08 bits per heavy atom. The highest BCUT2D eigenvalue weighted by molar-refractivity contribution is 5.93. The molecule has 0 radical (unpaired) electrons. The van der Waals surface area contributed by atoms with Gasteiger partial charge in [-0.25, -0.2) is 0 Å². The molecule has 7 heteroatoms. The summed E-state index contributed by atoms with van der Waals surface area (Å²) in [5, 5.41) is 0. The minimum Gasteiger partial charge on any atom is -0.459 e. The van der Waals surface area contributed by atoms with Crippen LogP contribution in [0.15, 0.2) is 41.0 Å². The van der Waals surface area contributed by atoms with Crippen LogP contribution in [-0.4, -0.2) is 24.4 Å². The molecular weight excluding hydrogens is 324 g/mol. The van der Waals surface area contributed by atoms with Crippen molar-refractivity contribution in [2.24, 2.45) is 0 Å². The van der Waals surface area contributed by atoms with Crippen LogP contribution in [0.4, 0.5) is 0 Å². The summed E-state index contributed by atoms with van der Waals surface area (Å²) < 4.78 is 9.80. The second-order valence-corrected chi connectivity index (χ2v) is 5.77. The average molecular weight is 342 g/mol. The van der Waals surface area contributed by atoms with Crippen LogP contribution in [0.5, 0.6) is 0 Å². The van der Waals surface area contributed by atoms with E-state index in [0.717, 1.165) is 24.8 Å². The van der Waals surface area contributed by atoms with Crippen LogP contribution in [0.25, 0.3) is 0 Å². The standard InChI is InChI=1S/C18H18N2O5/c21-16(19-20-18(23)15-5-2-8-24-15)11-25-17(22)10-12-6-7-13-3-1-4-14(13)9-12/h2,5-9H,1,3-4,10-11H2,(H,19,21)(H,20,23). The third-order valence-electron chi connectivity index (χ3n) is 3.94. The molecule has 2 amide bonds. The lowest BCUT2D eigenvalue weighted by molar-refractivity contribution is -0.148. The number of furan rings is 1. The van der Waals surface area contributed by atoms with Crippen molar-refractivity contribution in [3.05, 3.63) is 59.0 Å². The van der Waals surface area contributed by atoms with E-state index in [0.29, 0.717) is 0 Å². The van der Waals surface area contributed by atoms with Gasteiger partial charge in [-0.3, -0.25) is 25.2 Å². The van der Waals surface area contributed by atoms with Crippen LogP contribution in [-0.2, 0) is 33.6 Å². The molecule has 2 aromatic rings. The SMILES string of the molecule is O=C(COC(=O)Cc1ccc2c(c1)CCC2)NNC(=O)c1ccco1. The summed E-state index contributed by atoms with van der Waals surface area (Å²) >= 11 is 0. The number of hydrogen-bond acceptors (Lipinski definition) is 5. The lowest BCUT2D eigenvalue weighted by Gasteiger charge is -2.08. The molecule has 7 nitrogen and oxygen atoms in total. The largest absolute Gasteiger partial charge is 0.459 e. The maximum Gasteiger partial charge on any atom is 0.310 e. The van der Waals surface area contributed by atoms with E-state index in [2.05, 4.69) is 10.9 Å². The fraction of sp³-hybridized carbons (Fsp3) is 0.278. The maximum absolute atomic E-state index is 11.8. The van der Waals surface area contributed by atoms with E-state index in [1.54, 1.807) is 6.07 Å². The van der Waals surface area contributed by atoms with Crippen molar-refractivity contribution in [2.45, 2.75) is 25.7 Å². The number of carbonyl (C=O) groups is 3. The zero-order valence-corrected chi connectivity index (χ0v) is 13.5. The Morgan fingerprint density at radius 3 is 2.72 bits per heavy atom. The van der Waals surface area contributed by atoms with Crippen molar-refractivity contribution in [2.75, 3.05) is 6.61 Å². The van der Waals surface area contributed by atoms with Gasteiger partial charge < -0.3 is 9.15 Å². The van der Waals surface area contributed by atoms with E-state index in [9.17, 15) is 14.4 Å². The Bertz CT molecular complexity index is 783. The Labute approximate surface area is 144 Å². The van der Waals surface area contributed by atoms with Crippen LogP contribution in [0, 0.1) is 0 Å². The summed E-state index contributed by atoms with van der Waals surface area (Å²) in [6.45, 7) is -0.470. The first kappa shape index (κ1) is 16.8. The Balaban J connectivity index is 1.39. The predicted molar refractivity (Wildman–Crippen MR) is 87.4 cm³/mol. The van der Waals surface area contributed by atoms with Crippen LogP contribution in [0.1, 0.15) is 33.7 Å². The number of aryl methyl sites for hydroxylation is 2. The third-order valence-corrected chi connectivity index (χ3v) is 3.94. The van der Waals surface area contributed by atoms with Gasteiger partial charge in [0.15, 0.2) is 12.4 Å². The molecule has 25 heavy (non-hydrogen) atoms. The normalized spacial score (nSPS) is 12.3. The molecule has 2 N–H and O–H groups in total. The van der Waals surface area contributed by atoms with Gasteiger partial charge in [-0.1, -0.05) is 18.2 Å². The fourth-order valence-corrected chi connectivity index (χ4v) is 2.73. The van der Waals surface area contributed by atoms with Crippen molar-refractivity contribution in [3.63, 3.8) is 0 Å². The molecule has 1 aromatic carbocycles. The molecule has 0 aliphatic heterocycles. The molecule has 1 aromatic heterocycles. The molecule has 0 unspecified atom stereocenters. The number of nitrogens with one attached hydrogen (secondary N) is 2. The molecule has 0 saturated carbocycles. The van der Waals surface area contributed by atoms with E-state index in [-0.39, 0.29) is 12.2 Å². The number of carbonyl (C=O) groups excluding carboxylic acids is 3. The van der Waals surface area contributed by atoms with Crippen molar-refractivity contribution in [1.29, 1.82) is 0 Å². The first-order valence-corrected chi connectivity index (χ1v) is 8.01. The van der Waals surface area contributed by atoms with Gasteiger partial charge in [0.25, 0.3) is 5.91 Å². The second-order valence-electron chi connectivity index (χ2n) is 5.77. The van der Waals surface area contributed by atoms with E-state index >= 15 is 0 Å². The number of hydrogen-bond donors (Lipinski definition) is 2. The van der Waals surface area contributed by atoms with Gasteiger partial charge in [0, 0.05) is 0 Å². The third kappa shape index (κ3) is 4.47. The van der Waals surface area contributed by atoms with Gasteiger partial charge >= 0.3 is 11.9 Å². The van der Waals surface area contributed by atoms with Gasteiger partial charge in [0.2, 0.25) is 0 Å². The molecule has 0 saturated heterocycles. The summed E-state index contributed by atoms with van der Waals surface area (Å²) in [4.78, 5) is 35.0. The maximum atomic E-state index is 11.8. The molecule has 130 valence electrons. The van der Waals surface area contributed by atoms with Gasteiger partial charge in [0.05, 0.1) is 12.7 Å². The minimum absolute atomic E-state index is 0.0638. The lowest BCUT2D eigenvalue weighted by atomic mass is 10.0. The highest BCUT2D eigenvalue weighted by Crippen LogP contribution is 2.23. The molecule has 0 spiro atoms. The van der Waals surface area contributed by atoms with E-state index < -0.39 is 24.4 Å².